The van der Waals surface area contributed by atoms with Crippen LogP contribution in [0.5, 0.6) is 5.75 Å². The zero-order valence-corrected chi connectivity index (χ0v) is 15.7. The second-order valence-corrected chi connectivity index (χ2v) is 6.71. The number of halogens is 1. The second-order valence-electron chi connectivity index (χ2n) is 6.71. The van der Waals surface area contributed by atoms with E-state index in [1.807, 2.05) is 0 Å². The van der Waals surface area contributed by atoms with E-state index in [1.54, 1.807) is 36.9 Å². The number of ether oxygens (including phenoxy) is 1. The summed E-state index contributed by atoms with van der Waals surface area (Å²) in [6.07, 6.45) is 0.698. The molecular weight excluding hydrogens is 358 g/mol. The second kappa shape index (κ2) is 8.05. The molecule has 3 N–H and O–H groups in total. The molecule has 0 aliphatic carbocycles. The molecule has 0 aromatic heterocycles. The zero-order valence-electron chi connectivity index (χ0n) is 14.9. The number of nitrogens with zero attached hydrogens (tertiary/aromatic N) is 1. The van der Waals surface area contributed by atoms with Gasteiger partial charge in [0.1, 0.15) is 5.75 Å². The van der Waals surface area contributed by atoms with Crippen LogP contribution in [0.3, 0.4) is 0 Å². The van der Waals surface area contributed by atoms with Crippen LogP contribution in [0, 0.1) is 5.92 Å². The Kier molecular flexibility index (Phi) is 6.26. The summed E-state index contributed by atoms with van der Waals surface area (Å²) in [5.74, 6) is 0.173. The zero-order chi connectivity index (χ0) is 18.1. The molecular formula is C18H24ClN3O4. The lowest BCUT2D eigenvalue weighted by Gasteiger charge is -2.32. The first-order valence-corrected chi connectivity index (χ1v) is 8.57. The molecule has 2 amide bonds. The van der Waals surface area contributed by atoms with E-state index in [2.05, 4.69) is 5.32 Å². The van der Waals surface area contributed by atoms with Crippen LogP contribution in [0.15, 0.2) is 18.2 Å². The Balaban J connectivity index is 0.00000243. The molecule has 0 saturated carbocycles. The minimum atomic E-state index is -0.541. The first-order chi connectivity index (χ1) is 11.9. The molecule has 1 fully saturated rings. The number of benzene rings is 1. The Bertz CT molecular complexity index is 714. The van der Waals surface area contributed by atoms with Crippen LogP contribution >= 0.6 is 12.4 Å². The Morgan fingerprint density at radius 1 is 1.31 bits per heavy atom. The minimum absolute atomic E-state index is 0. The van der Waals surface area contributed by atoms with Crippen molar-refractivity contribution in [2.24, 2.45) is 11.7 Å². The topological polar surface area (TPSA) is 102 Å². The van der Waals surface area contributed by atoms with E-state index in [1.165, 1.54) is 0 Å². The van der Waals surface area contributed by atoms with Gasteiger partial charge < -0.3 is 20.7 Å². The highest BCUT2D eigenvalue weighted by molar-refractivity contribution is 6.02. The van der Waals surface area contributed by atoms with E-state index in [0.717, 1.165) is 0 Å². The Morgan fingerprint density at radius 3 is 2.58 bits per heavy atom. The first-order valence-electron chi connectivity index (χ1n) is 8.57. The van der Waals surface area contributed by atoms with E-state index in [4.69, 9.17) is 10.5 Å². The summed E-state index contributed by atoms with van der Waals surface area (Å²) in [6.45, 7) is 4.43. The van der Waals surface area contributed by atoms with Gasteiger partial charge in [0, 0.05) is 24.6 Å². The van der Waals surface area contributed by atoms with Gasteiger partial charge in [-0.3, -0.25) is 14.4 Å². The third-order valence-electron chi connectivity index (χ3n) is 4.76. The van der Waals surface area contributed by atoms with Gasteiger partial charge in [0.15, 0.2) is 11.9 Å². The van der Waals surface area contributed by atoms with Gasteiger partial charge in [-0.25, -0.2) is 0 Å². The summed E-state index contributed by atoms with van der Waals surface area (Å²) in [4.78, 5) is 38.1. The molecule has 1 saturated heterocycles. The fraction of sp³-hybridized carbons (Fsp3) is 0.500. The molecule has 2 aliphatic rings. The Morgan fingerprint density at radius 2 is 1.96 bits per heavy atom. The van der Waals surface area contributed by atoms with Gasteiger partial charge in [-0.2, -0.15) is 0 Å². The molecule has 0 spiro atoms. The van der Waals surface area contributed by atoms with E-state index in [-0.39, 0.29) is 35.9 Å². The average molecular weight is 382 g/mol. The lowest BCUT2D eigenvalue weighted by atomic mass is 9.88. The van der Waals surface area contributed by atoms with Gasteiger partial charge in [-0.15, -0.1) is 12.4 Å². The van der Waals surface area contributed by atoms with Crippen molar-refractivity contribution in [2.75, 3.05) is 18.4 Å². The molecule has 7 nitrogen and oxygen atoms in total. The quantitative estimate of drug-likeness (QED) is 0.774. The van der Waals surface area contributed by atoms with Gasteiger partial charge in [-0.1, -0.05) is 0 Å². The highest BCUT2D eigenvalue weighted by Gasteiger charge is 2.30. The third kappa shape index (κ3) is 3.99. The molecule has 1 aromatic carbocycles. The maximum Gasteiger partial charge on any atom is 0.265 e. The van der Waals surface area contributed by atoms with Crippen LogP contribution in [0.2, 0.25) is 0 Å². The van der Waals surface area contributed by atoms with E-state index in [0.29, 0.717) is 42.9 Å². The Labute approximate surface area is 158 Å². The molecule has 0 radical (unpaired) electrons. The van der Waals surface area contributed by atoms with E-state index >= 15 is 0 Å². The van der Waals surface area contributed by atoms with E-state index in [9.17, 15) is 14.4 Å². The molecule has 8 heteroatoms. The number of amides is 2. The summed E-state index contributed by atoms with van der Waals surface area (Å²) < 4.78 is 5.51. The smallest absolute Gasteiger partial charge is 0.265 e. The lowest BCUT2D eigenvalue weighted by Crippen LogP contribution is -2.46. The molecule has 0 bridgehead atoms. The number of ketones is 1. The summed E-state index contributed by atoms with van der Waals surface area (Å²) in [7, 11) is 0. The van der Waals surface area contributed by atoms with Gasteiger partial charge in [-0.05, 0) is 44.9 Å². The highest BCUT2D eigenvalue weighted by atomic mass is 35.5. The highest BCUT2D eigenvalue weighted by Crippen LogP contribution is 2.32. The number of hydrogen-bond acceptors (Lipinski definition) is 5. The van der Waals surface area contributed by atoms with Crippen molar-refractivity contribution in [3.05, 3.63) is 23.8 Å². The fourth-order valence-corrected chi connectivity index (χ4v) is 3.25. The fourth-order valence-electron chi connectivity index (χ4n) is 3.25. The van der Waals surface area contributed by atoms with Crippen LogP contribution < -0.4 is 15.8 Å². The molecule has 1 aromatic rings. The van der Waals surface area contributed by atoms with Crippen LogP contribution in [-0.4, -0.2) is 47.7 Å². The van der Waals surface area contributed by atoms with Gasteiger partial charge in [0.2, 0.25) is 5.91 Å². The number of nitrogens with two attached hydrogens (primary N) is 1. The molecule has 142 valence electrons. The Hall–Kier alpha value is -2.12. The number of likely N-dealkylation sites (tertiary alicyclic amines) is 1. The molecule has 2 atom stereocenters. The van der Waals surface area contributed by atoms with Crippen LogP contribution in [0.4, 0.5) is 5.69 Å². The van der Waals surface area contributed by atoms with Crippen molar-refractivity contribution >= 4 is 35.7 Å². The molecule has 26 heavy (non-hydrogen) atoms. The number of carbonyl (C=O) groups is 3. The maximum absolute atomic E-state index is 12.8. The monoisotopic (exact) mass is 381 g/mol. The summed E-state index contributed by atoms with van der Waals surface area (Å²) in [5.41, 5.74) is 6.71. The predicted octanol–water partition coefficient (Wildman–Crippen LogP) is 1.60. The largest absolute Gasteiger partial charge is 0.479 e. The lowest BCUT2D eigenvalue weighted by molar-refractivity contribution is -0.133. The van der Waals surface area contributed by atoms with Crippen molar-refractivity contribution in [3.8, 4) is 5.75 Å². The van der Waals surface area contributed by atoms with E-state index < -0.39 is 12.1 Å². The number of nitrogens with one attached hydrogen (secondary N) is 1. The van der Waals surface area contributed by atoms with Crippen LogP contribution in [0.25, 0.3) is 0 Å². The number of rotatable bonds is 3. The third-order valence-corrected chi connectivity index (χ3v) is 4.76. The van der Waals surface area contributed by atoms with Gasteiger partial charge in [0.05, 0.1) is 11.7 Å². The first kappa shape index (κ1) is 20.2. The number of hydrogen-bond donors (Lipinski definition) is 2. The van der Waals surface area contributed by atoms with Crippen molar-refractivity contribution in [1.29, 1.82) is 0 Å². The number of fused-ring (bicyclic) bond motifs is 1. The maximum atomic E-state index is 12.8. The SMILES string of the molecule is CC1Oc2ccc(C(=O)C3CCN(C(=O)[C@H](C)N)CC3)cc2NC1=O.Cl. The molecule has 1 unspecified atom stereocenters. The van der Waals surface area contributed by atoms with Crippen LogP contribution in [0.1, 0.15) is 37.0 Å². The van der Waals surface area contributed by atoms with Crippen molar-refractivity contribution in [2.45, 2.75) is 38.8 Å². The number of carbonyl (C=O) groups excluding carboxylic acids is 3. The molecule has 2 heterocycles. The standard InChI is InChI=1S/C18H23N3O4.ClH/c1-10(19)18(24)21-7-5-12(6-8-21)16(22)13-3-4-15-14(9-13)20-17(23)11(2)25-15;/h3-4,9-12H,5-8,19H2,1-2H3,(H,20,23);1H/t10-,11?;/m0./s1. The van der Waals surface area contributed by atoms with Crippen molar-refractivity contribution in [1.82, 2.24) is 4.90 Å². The number of piperidine rings is 1. The van der Waals surface area contributed by atoms with Gasteiger partial charge in [0.25, 0.3) is 5.91 Å². The molecule has 3 rings (SSSR count). The van der Waals surface area contributed by atoms with Crippen LogP contribution in [-0.2, 0) is 9.59 Å². The normalized spacial score (nSPS) is 21.0. The summed E-state index contributed by atoms with van der Waals surface area (Å²) >= 11 is 0. The number of Topliss-reactive ketones (excluding diaryl/α,β-unsaturated/α-hetero) is 1. The number of anilines is 1. The predicted molar refractivity (Wildman–Crippen MR) is 99.7 cm³/mol. The molecule has 2 aliphatic heterocycles. The van der Waals surface area contributed by atoms with Crippen molar-refractivity contribution < 1.29 is 19.1 Å². The minimum Gasteiger partial charge on any atom is -0.479 e. The van der Waals surface area contributed by atoms with Crippen molar-refractivity contribution in [3.63, 3.8) is 0 Å². The van der Waals surface area contributed by atoms with Gasteiger partial charge >= 0.3 is 0 Å². The summed E-state index contributed by atoms with van der Waals surface area (Å²) in [6, 6.07) is 4.60. The average Bonchev–Trinajstić information content (AvgIpc) is 2.61. The summed E-state index contributed by atoms with van der Waals surface area (Å²) in [5, 5.41) is 2.76.